The van der Waals surface area contributed by atoms with E-state index in [0.717, 1.165) is 0 Å². The maximum atomic E-state index is 2.67. The number of benzene rings is 7. The summed E-state index contributed by atoms with van der Waals surface area (Å²) >= 11 is 0. The highest BCUT2D eigenvalue weighted by molar-refractivity contribution is 8.14. The van der Waals surface area contributed by atoms with Gasteiger partial charge in [-0.3, -0.25) is 0 Å². The van der Waals surface area contributed by atoms with Crippen LogP contribution in [0.5, 0.6) is 0 Å². The number of hydrogen-bond donors (Lipinski definition) is 0. The van der Waals surface area contributed by atoms with Crippen molar-refractivity contribution in [2.75, 3.05) is 0 Å². The van der Waals surface area contributed by atoms with Gasteiger partial charge >= 0.3 is 0 Å². The highest BCUT2D eigenvalue weighted by atomic mass is 31.3. The van der Waals surface area contributed by atoms with Crippen molar-refractivity contribution < 1.29 is 0 Å². The summed E-state index contributed by atoms with van der Waals surface area (Å²) < 4.78 is -0.285. The van der Waals surface area contributed by atoms with Crippen molar-refractivity contribution in [2.24, 2.45) is 0 Å². The van der Waals surface area contributed by atoms with E-state index in [1.807, 2.05) is 0 Å². The highest BCUT2D eigenvalue weighted by Crippen LogP contribution is 2.85. The lowest BCUT2D eigenvalue weighted by Gasteiger charge is -2.51. The lowest BCUT2D eigenvalue weighted by molar-refractivity contribution is 1.26. The molecule has 228 valence electrons. The second-order valence-electron chi connectivity index (χ2n) is 11.7. The van der Waals surface area contributed by atoms with E-state index in [-0.39, 0.29) is 4.64 Å². The van der Waals surface area contributed by atoms with Crippen molar-refractivity contribution in [3.63, 3.8) is 0 Å². The van der Waals surface area contributed by atoms with Crippen LogP contribution < -0.4 is 37.1 Å². The molecule has 0 fully saturated rings. The van der Waals surface area contributed by atoms with E-state index in [4.69, 9.17) is 0 Å². The molecule has 0 nitrogen and oxygen atoms in total. The van der Waals surface area contributed by atoms with Crippen LogP contribution in [0.25, 0.3) is 0 Å². The molecule has 0 heterocycles. The SMILES string of the molecule is CC(P(c1ccccc1)c1ccccc1)(P(c1ccccc1)c1ccccc1)[P+](c1ccccc1)(c1ccccc1)c1ccccc1. The van der Waals surface area contributed by atoms with Crippen molar-refractivity contribution in [3.8, 4) is 0 Å². The Hall–Kier alpha value is -4.17. The van der Waals surface area contributed by atoms with Crippen molar-refractivity contribution in [1.29, 1.82) is 0 Å². The van der Waals surface area contributed by atoms with E-state index in [1.54, 1.807) is 0 Å². The fourth-order valence-corrected chi connectivity index (χ4v) is 23.8. The van der Waals surface area contributed by atoms with Crippen LogP contribution in [0.1, 0.15) is 6.92 Å². The number of hydrogen-bond acceptors (Lipinski definition) is 0. The largest absolute Gasteiger partial charge is 0.142 e. The Kier molecular flexibility index (Phi) is 9.56. The van der Waals surface area contributed by atoms with Gasteiger partial charge in [-0.2, -0.15) is 0 Å². The zero-order valence-corrected chi connectivity index (χ0v) is 29.2. The van der Waals surface area contributed by atoms with Gasteiger partial charge in [-0.1, -0.05) is 176 Å². The Bertz CT molecular complexity index is 1710. The molecule has 7 aromatic rings. The normalized spacial score (nSPS) is 11.9. The minimum Gasteiger partial charge on any atom is -0.0622 e. The predicted octanol–water partition coefficient (Wildman–Crippen LogP) is 8.92. The average Bonchev–Trinajstić information content (AvgIpc) is 3.15. The minimum atomic E-state index is -2.49. The molecule has 0 bridgehead atoms. The molecule has 47 heavy (non-hydrogen) atoms. The first-order valence-electron chi connectivity index (χ1n) is 16.1. The second kappa shape index (κ2) is 14.3. The second-order valence-corrected chi connectivity index (χ2v) is 21.7. The van der Waals surface area contributed by atoms with Crippen molar-refractivity contribution >= 4 is 60.2 Å². The zero-order valence-electron chi connectivity index (χ0n) is 26.5. The topological polar surface area (TPSA) is 0 Å². The smallest absolute Gasteiger partial charge is 0.0622 e. The van der Waals surface area contributed by atoms with Gasteiger partial charge < -0.3 is 0 Å². The summed E-state index contributed by atoms with van der Waals surface area (Å²) in [5.74, 6) is 0. The van der Waals surface area contributed by atoms with Crippen LogP contribution >= 0.6 is 23.1 Å². The van der Waals surface area contributed by atoms with Gasteiger partial charge in [0.1, 0.15) is 27.8 Å². The molecule has 7 rings (SSSR count). The lowest BCUT2D eigenvalue weighted by atomic mass is 10.4. The summed E-state index contributed by atoms with van der Waals surface area (Å²) in [6.07, 6.45) is 0. The first-order valence-corrected chi connectivity index (χ1v) is 20.6. The van der Waals surface area contributed by atoms with Crippen molar-refractivity contribution in [1.82, 2.24) is 0 Å². The molecule has 0 saturated heterocycles. The molecule has 0 spiro atoms. The summed E-state index contributed by atoms with van der Waals surface area (Å²) in [5, 5.41) is 9.87. The van der Waals surface area contributed by atoms with Crippen LogP contribution in [-0.2, 0) is 0 Å². The molecule has 0 amide bonds. The Morgan fingerprint density at radius 3 is 0.702 bits per heavy atom. The van der Waals surface area contributed by atoms with E-state index < -0.39 is 23.1 Å². The highest BCUT2D eigenvalue weighted by Gasteiger charge is 2.67. The molecule has 0 atom stereocenters. The zero-order chi connectivity index (χ0) is 31.9. The van der Waals surface area contributed by atoms with Gasteiger partial charge in [0.15, 0.2) is 0 Å². The van der Waals surface area contributed by atoms with Gasteiger partial charge in [-0.15, -0.1) is 0 Å². The van der Waals surface area contributed by atoms with Gasteiger partial charge in [0.05, 0.1) is 0 Å². The maximum absolute atomic E-state index is 2.67. The lowest BCUT2D eigenvalue weighted by Crippen LogP contribution is -2.49. The van der Waals surface area contributed by atoms with Crippen molar-refractivity contribution in [2.45, 2.75) is 11.6 Å². The number of rotatable bonds is 10. The molecule has 0 aliphatic heterocycles. The third kappa shape index (κ3) is 5.81. The first-order chi connectivity index (χ1) is 23.2. The molecule has 0 N–H and O–H groups in total. The summed E-state index contributed by atoms with van der Waals surface area (Å²) in [5.41, 5.74) is 0. The fraction of sp³-hybridized carbons (Fsp3) is 0.0455. The molecule has 0 aliphatic carbocycles. The molecular weight excluding hydrogens is 621 g/mol. The van der Waals surface area contributed by atoms with E-state index in [1.165, 1.54) is 37.1 Å². The molecular formula is C44H38P3+. The summed E-state index contributed by atoms with van der Waals surface area (Å²) in [7, 11) is -4.42. The Morgan fingerprint density at radius 1 is 0.298 bits per heavy atom. The van der Waals surface area contributed by atoms with Crippen LogP contribution in [0, 0.1) is 0 Å². The van der Waals surface area contributed by atoms with Gasteiger partial charge in [0.2, 0.25) is 0 Å². The van der Waals surface area contributed by atoms with E-state index in [9.17, 15) is 0 Å². The average molecular weight is 660 g/mol. The van der Waals surface area contributed by atoms with E-state index >= 15 is 0 Å². The molecule has 0 unspecified atom stereocenters. The van der Waals surface area contributed by atoms with Gasteiger partial charge in [0.25, 0.3) is 0 Å². The quantitative estimate of drug-likeness (QED) is 0.129. The fourth-order valence-electron chi connectivity index (χ4n) is 7.12. The third-order valence-corrected chi connectivity index (χ3v) is 22.6. The van der Waals surface area contributed by atoms with Gasteiger partial charge in [0, 0.05) is 15.8 Å². The van der Waals surface area contributed by atoms with E-state index in [2.05, 4.69) is 219 Å². The standard InChI is InChI=1S/C44H38P3/c1-44(45(37-23-9-2-10-24-37)38-25-11-3-12-26-38,46(39-27-13-4-14-28-39)40-29-15-5-16-30-40)47(41-31-17-6-18-32-41,42-33-19-7-20-34-42)43-35-21-8-22-36-43/h2-36H,1H3/q+1. The molecule has 0 aliphatic rings. The Labute approximate surface area is 283 Å². The van der Waals surface area contributed by atoms with Gasteiger partial charge in [-0.25, -0.2) is 0 Å². The van der Waals surface area contributed by atoms with Crippen LogP contribution in [-0.4, -0.2) is 4.64 Å². The monoisotopic (exact) mass is 659 g/mol. The van der Waals surface area contributed by atoms with E-state index in [0.29, 0.717) is 0 Å². The molecule has 3 heteroatoms. The van der Waals surface area contributed by atoms with Crippen molar-refractivity contribution in [3.05, 3.63) is 212 Å². The van der Waals surface area contributed by atoms with Crippen LogP contribution in [0.4, 0.5) is 0 Å². The summed E-state index contributed by atoms with van der Waals surface area (Å²) in [6, 6.07) is 80.0. The molecule has 0 saturated carbocycles. The Balaban J connectivity index is 1.74. The predicted molar refractivity (Wildman–Crippen MR) is 212 cm³/mol. The Morgan fingerprint density at radius 2 is 0.489 bits per heavy atom. The van der Waals surface area contributed by atoms with Crippen LogP contribution in [0.2, 0.25) is 0 Å². The molecule has 0 aromatic heterocycles. The third-order valence-electron chi connectivity index (χ3n) is 8.97. The summed E-state index contributed by atoms with van der Waals surface area (Å²) in [6.45, 7) is 2.67. The first kappa shape index (κ1) is 31.4. The van der Waals surface area contributed by atoms with Gasteiger partial charge in [-0.05, 0) is 64.5 Å². The minimum absolute atomic E-state index is 0.285. The summed E-state index contributed by atoms with van der Waals surface area (Å²) in [4.78, 5) is 0. The van der Waals surface area contributed by atoms with Crippen LogP contribution in [0.3, 0.4) is 0 Å². The maximum Gasteiger partial charge on any atom is 0.142 e. The molecule has 0 radical (unpaired) electrons. The van der Waals surface area contributed by atoms with Crippen LogP contribution in [0.15, 0.2) is 212 Å². The molecule has 7 aromatic carbocycles.